The molecule has 36 heavy (non-hydrogen) atoms. The first-order chi connectivity index (χ1) is 16.6. The first-order valence-corrected chi connectivity index (χ1v) is 11.9. The van der Waals surface area contributed by atoms with Crippen LogP contribution >= 0.6 is 0 Å². The molecule has 2 heterocycles. The second kappa shape index (κ2) is 10.8. The van der Waals surface area contributed by atoms with Crippen molar-refractivity contribution in [2.24, 2.45) is 5.41 Å². The third-order valence-electron chi connectivity index (χ3n) is 7.26. The summed E-state index contributed by atoms with van der Waals surface area (Å²) in [6, 6.07) is 0. The zero-order valence-electron chi connectivity index (χ0n) is 20.9. The number of carbonyl (C=O) groups is 1. The van der Waals surface area contributed by atoms with E-state index in [9.17, 15) is 40.5 Å². The van der Waals surface area contributed by atoms with Gasteiger partial charge < -0.3 is 54.7 Å². The van der Waals surface area contributed by atoms with Crippen LogP contribution in [-0.4, -0.2) is 122 Å². The van der Waals surface area contributed by atoms with E-state index in [1.54, 1.807) is 33.8 Å². The maximum absolute atomic E-state index is 11.9. The van der Waals surface area contributed by atoms with E-state index in [2.05, 4.69) is 0 Å². The van der Waals surface area contributed by atoms with E-state index in [0.717, 1.165) is 0 Å². The lowest BCUT2D eigenvalue weighted by molar-refractivity contribution is -0.314. The molecule has 3 aliphatic rings. The number of carbonyl (C=O) groups excluding carboxylic acids is 1. The summed E-state index contributed by atoms with van der Waals surface area (Å²) in [5.41, 5.74) is -3.58. The van der Waals surface area contributed by atoms with Gasteiger partial charge in [-0.25, -0.2) is 0 Å². The van der Waals surface area contributed by atoms with Crippen molar-refractivity contribution in [1.29, 1.82) is 0 Å². The molecule has 10 atom stereocenters. The predicted octanol–water partition coefficient (Wildman–Crippen LogP) is -2.11. The molecule has 0 aromatic rings. The summed E-state index contributed by atoms with van der Waals surface area (Å²) in [4.78, 5) is 11.9. The second-order valence-corrected chi connectivity index (χ2v) is 10.6. The number of hydrogen-bond donors (Lipinski definition) is 7. The van der Waals surface area contributed by atoms with Gasteiger partial charge in [0.2, 0.25) is 0 Å². The second-order valence-electron chi connectivity index (χ2n) is 10.6. The van der Waals surface area contributed by atoms with Crippen LogP contribution in [-0.2, 0) is 23.7 Å². The van der Waals surface area contributed by atoms with Crippen LogP contribution in [0, 0.1) is 5.41 Å². The summed E-state index contributed by atoms with van der Waals surface area (Å²) in [6.45, 7) is 5.33. The maximum atomic E-state index is 11.9. The van der Waals surface area contributed by atoms with Crippen LogP contribution in [0.1, 0.15) is 34.1 Å². The first kappa shape index (κ1) is 29.3. The Bertz CT molecular complexity index is 858. The number of aliphatic hydroxyl groups excluding tert-OH is 5. The Kier molecular flexibility index (Phi) is 8.80. The number of allylic oxidation sites excluding steroid dienone is 1. The van der Waals surface area contributed by atoms with Crippen molar-refractivity contribution < 1.29 is 59.5 Å². The van der Waals surface area contributed by atoms with Crippen LogP contribution in [0.2, 0.25) is 0 Å². The molecular weight excluding hydrogens is 480 g/mol. The molecule has 12 heteroatoms. The normalized spacial score (nSPS) is 44.1. The third-order valence-corrected chi connectivity index (χ3v) is 7.26. The molecule has 206 valence electrons. The molecular formula is C24H38O12. The Morgan fingerprint density at radius 3 is 2.39 bits per heavy atom. The van der Waals surface area contributed by atoms with Gasteiger partial charge in [-0.3, -0.25) is 4.79 Å². The fourth-order valence-electron chi connectivity index (χ4n) is 4.69. The highest BCUT2D eigenvalue weighted by Gasteiger charge is 2.50. The fraction of sp³-hybridized carbons (Fsp3) is 0.792. The summed E-state index contributed by atoms with van der Waals surface area (Å²) in [5.74, 6) is -0.0732. The van der Waals surface area contributed by atoms with Crippen molar-refractivity contribution in [2.45, 2.75) is 94.5 Å². The largest absolute Gasteiger partial charge is 0.393 e. The zero-order valence-corrected chi connectivity index (χ0v) is 20.9. The summed E-state index contributed by atoms with van der Waals surface area (Å²) in [7, 11) is 0. The van der Waals surface area contributed by atoms with Gasteiger partial charge in [0.05, 0.1) is 25.9 Å². The molecule has 0 aromatic heterocycles. The molecule has 0 amide bonds. The van der Waals surface area contributed by atoms with Crippen molar-refractivity contribution in [3.63, 3.8) is 0 Å². The molecule has 0 bridgehead atoms. The topological polar surface area (TPSA) is 196 Å². The number of ether oxygens (including phenoxy) is 4. The van der Waals surface area contributed by atoms with E-state index in [-0.39, 0.29) is 18.8 Å². The van der Waals surface area contributed by atoms with Gasteiger partial charge in [0.15, 0.2) is 18.4 Å². The molecule has 2 aliphatic heterocycles. The van der Waals surface area contributed by atoms with Gasteiger partial charge in [0, 0.05) is 11.8 Å². The number of ketones is 1. The highest BCUT2D eigenvalue weighted by Crippen LogP contribution is 2.44. The monoisotopic (exact) mass is 518 g/mol. The molecule has 0 radical (unpaired) electrons. The molecule has 2 fully saturated rings. The van der Waals surface area contributed by atoms with E-state index in [1.807, 2.05) is 0 Å². The average molecular weight is 519 g/mol. The quantitative estimate of drug-likeness (QED) is 0.173. The van der Waals surface area contributed by atoms with Crippen LogP contribution in [0.25, 0.3) is 0 Å². The number of aliphatic hydroxyl groups is 7. The molecule has 7 N–H and O–H groups in total. The number of hydrogen-bond acceptors (Lipinski definition) is 12. The Labute approximate surface area is 209 Å². The number of rotatable bonds is 8. The highest BCUT2D eigenvalue weighted by atomic mass is 16.7. The van der Waals surface area contributed by atoms with Gasteiger partial charge >= 0.3 is 0 Å². The minimum atomic E-state index is -1.89. The van der Waals surface area contributed by atoms with Crippen molar-refractivity contribution >= 4 is 5.78 Å². The standard InChI is InChI=1S/C24H38O12/c1-12-7-14(26)8-22(3,4)24(12,32)6-5-13(2)35-20-18(29)17(28)16(27)15(36-20)9-33-21-19(30)23(31,10-25)11-34-21/h5-7,13,15-21,25,27-32H,8-11H2,1-4H3/b6-5+/t13?,15-,16-,17+,18-,19-,20+,21+,23+,24+/m0/s1. The fourth-order valence-corrected chi connectivity index (χ4v) is 4.69. The van der Waals surface area contributed by atoms with Gasteiger partial charge in [-0.15, -0.1) is 0 Å². The molecule has 0 aromatic carbocycles. The SMILES string of the molecule is CC1=CC(=O)CC(C)(C)[C@@]1(O)/C=C/C(C)O[C@@H]1O[C@@H](CO[C@@H]2OC[C@](O)(CO)[C@H]2O)[C@H](O)[C@@H](O)[C@@H]1O. The van der Waals surface area contributed by atoms with Gasteiger partial charge in [0.1, 0.15) is 41.7 Å². The van der Waals surface area contributed by atoms with E-state index in [1.165, 1.54) is 12.2 Å². The van der Waals surface area contributed by atoms with Gasteiger partial charge in [0.25, 0.3) is 0 Å². The summed E-state index contributed by atoms with van der Waals surface area (Å²) in [6.07, 6.45) is -6.34. The Morgan fingerprint density at radius 2 is 1.81 bits per heavy atom. The van der Waals surface area contributed by atoms with Crippen molar-refractivity contribution in [3.05, 3.63) is 23.8 Å². The lowest BCUT2D eigenvalue weighted by Crippen LogP contribution is -2.60. The zero-order chi connectivity index (χ0) is 27.1. The molecule has 0 saturated carbocycles. The average Bonchev–Trinajstić information content (AvgIpc) is 3.09. The van der Waals surface area contributed by atoms with E-state index < -0.39 is 79.0 Å². The van der Waals surface area contributed by atoms with E-state index in [4.69, 9.17) is 18.9 Å². The summed E-state index contributed by atoms with van der Waals surface area (Å²) < 4.78 is 21.9. The van der Waals surface area contributed by atoms with Gasteiger partial charge in [-0.1, -0.05) is 19.9 Å². The van der Waals surface area contributed by atoms with Crippen molar-refractivity contribution in [2.75, 3.05) is 19.8 Å². The molecule has 3 rings (SSSR count). The predicted molar refractivity (Wildman–Crippen MR) is 122 cm³/mol. The Balaban J connectivity index is 1.64. The lowest BCUT2D eigenvalue weighted by atomic mass is 9.64. The molecule has 1 aliphatic carbocycles. The molecule has 0 spiro atoms. The molecule has 12 nitrogen and oxygen atoms in total. The molecule has 1 unspecified atom stereocenters. The van der Waals surface area contributed by atoms with Crippen molar-refractivity contribution in [1.82, 2.24) is 0 Å². The third kappa shape index (κ3) is 5.59. The van der Waals surface area contributed by atoms with Crippen LogP contribution < -0.4 is 0 Å². The van der Waals surface area contributed by atoms with E-state index >= 15 is 0 Å². The van der Waals surface area contributed by atoms with Crippen LogP contribution in [0.15, 0.2) is 23.8 Å². The lowest BCUT2D eigenvalue weighted by Gasteiger charge is -2.44. The van der Waals surface area contributed by atoms with Crippen LogP contribution in [0.4, 0.5) is 0 Å². The van der Waals surface area contributed by atoms with E-state index in [0.29, 0.717) is 5.57 Å². The van der Waals surface area contributed by atoms with Crippen LogP contribution in [0.3, 0.4) is 0 Å². The highest BCUT2D eigenvalue weighted by molar-refractivity contribution is 5.92. The minimum Gasteiger partial charge on any atom is -0.393 e. The molecule has 2 saturated heterocycles. The van der Waals surface area contributed by atoms with Gasteiger partial charge in [-0.05, 0) is 31.6 Å². The Hall–Kier alpha value is -1.29. The van der Waals surface area contributed by atoms with Gasteiger partial charge in [-0.2, -0.15) is 0 Å². The first-order valence-electron chi connectivity index (χ1n) is 11.9. The smallest absolute Gasteiger partial charge is 0.187 e. The van der Waals surface area contributed by atoms with Crippen molar-refractivity contribution in [3.8, 4) is 0 Å². The maximum Gasteiger partial charge on any atom is 0.187 e. The summed E-state index contributed by atoms with van der Waals surface area (Å²) in [5, 5.41) is 71.6. The summed E-state index contributed by atoms with van der Waals surface area (Å²) >= 11 is 0. The Morgan fingerprint density at radius 1 is 1.14 bits per heavy atom. The minimum absolute atomic E-state index is 0.0732. The van der Waals surface area contributed by atoms with Crippen LogP contribution in [0.5, 0.6) is 0 Å².